The van der Waals surface area contributed by atoms with Crippen LogP contribution in [0.5, 0.6) is 0 Å². The molecule has 1 N–H and O–H groups in total. The van der Waals surface area contributed by atoms with E-state index in [1.54, 1.807) is 0 Å². The van der Waals surface area contributed by atoms with Crippen LogP contribution < -0.4 is 5.32 Å². The standard InChI is InChI=1S/C10H17N3S/c1-13-5-4-9(12-13)7-11-8-10-3-2-6-14-10/h4-5,10-11H,2-3,6-8H2,1H3. The van der Waals surface area contributed by atoms with Gasteiger partial charge < -0.3 is 5.32 Å². The molecule has 3 nitrogen and oxygen atoms in total. The smallest absolute Gasteiger partial charge is 0.0762 e. The second kappa shape index (κ2) is 4.84. The number of thioether (sulfide) groups is 1. The van der Waals surface area contributed by atoms with Gasteiger partial charge >= 0.3 is 0 Å². The van der Waals surface area contributed by atoms with Crippen molar-refractivity contribution < 1.29 is 0 Å². The van der Waals surface area contributed by atoms with E-state index in [0.29, 0.717) is 0 Å². The summed E-state index contributed by atoms with van der Waals surface area (Å²) in [5.41, 5.74) is 1.13. The van der Waals surface area contributed by atoms with Crippen molar-refractivity contribution in [2.75, 3.05) is 12.3 Å². The highest BCUT2D eigenvalue weighted by atomic mass is 32.2. The molecule has 1 aromatic heterocycles. The number of aryl methyl sites for hydroxylation is 1. The average Bonchev–Trinajstić information content (AvgIpc) is 2.77. The molecule has 14 heavy (non-hydrogen) atoms. The van der Waals surface area contributed by atoms with E-state index >= 15 is 0 Å². The molecule has 1 aliphatic heterocycles. The van der Waals surface area contributed by atoms with Crippen LogP contribution in [0.25, 0.3) is 0 Å². The zero-order valence-corrected chi connectivity index (χ0v) is 9.39. The van der Waals surface area contributed by atoms with Crippen LogP contribution in [0.15, 0.2) is 12.3 Å². The lowest BCUT2D eigenvalue weighted by Crippen LogP contribution is -2.22. The summed E-state index contributed by atoms with van der Waals surface area (Å²) in [5.74, 6) is 1.34. The molecule has 0 bridgehead atoms. The Morgan fingerprint density at radius 1 is 1.71 bits per heavy atom. The van der Waals surface area contributed by atoms with E-state index in [2.05, 4.69) is 28.2 Å². The van der Waals surface area contributed by atoms with Crippen molar-refractivity contribution in [1.29, 1.82) is 0 Å². The molecule has 0 aliphatic carbocycles. The largest absolute Gasteiger partial charge is 0.310 e. The Kier molecular flexibility index (Phi) is 3.48. The number of hydrogen-bond acceptors (Lipinski definition) is 3. The van der Waals surface area contributed by atoms with Crippen molar-refractivity contribution >= 4 is 11.8 Å². The van der Waals surface area contributed by atoms with Crippen molar-refractivity contribution in [1.82, 2.24) is 15.1 Å². The summed E-state index contributed by atoms with van der Waals surface area (Å²) >= 11 is 2.09. The highest BCUT2D eigenvalue weighted by Crippen LogP contribution is 2.25. The summed E-state index contributed by atoms with van der Waals surface area (Å²) < 4.78 is 1.85. The van der Waals surface area contributed by atoms with E-state index in [0.717, 1.165) is 24.0 Å². The lowest BCUT2D eigenvalue weighted by atomic mass is 10.2. The Labute approximate surface area is 89.3 Å². The Bertz CT molecular complexity index is 279. The first-order chi connectivity index (χ1) is 6.84. The number of nitrogens with one attached hydrogen (secondary N) is 1. The molecule has 0 spiro atoms. The average molecular weight is 211 g/mol. The molecule has 1 unspecified atom stereocenters. The third-order valence-electron chi connectivity index (χ3n) is 2.47. The van der Waals surface area contributed by atoms with Gasteiger partial charge in [-0.25, -0.2) is 0 Å². The third kappa shape index (κ3) is 2.75. The van der Waals surface area contributed by atoms with Gasteiger partial charge in [-0.3, -0.25) is 4.68 Å². The van der Waals surface area contributed by atoms with Crippen molar-refractivity contribution in [2.24, 2.45) is 7.05 Å². The maximum absolute atomic E-state index is 4.32. The molecule has 0 aromatic carbocycles. The summed E-state index contributed by atoms with van der Waals surface area (Å²) in [6, 6.07) is 2.06. The minimum absolute atomic E-state index is 0.832. The number of rotatable bonds is 4. The lowest BCUT2D eigenvalue weighted by molar-refractivity contribution is 0.627. The van der Waals surface area contributed by atoms with Gasteiger partial charge in [-0.05, 0) is 24.7 Å². The Hall–Kier alpha value is -0.480. The van der Waals surface area contributed by atoms with Gasteiger partial charge in [-0.1, -0.05) is 0 Å². The van der Waals surface area contributed by atoms with Crippen molar-refractivity contribution in [3.63, 3.8) is 0 Å². The molecular formula is C10H17N3S. The Morgan fingerprint density at radius 3 is 3.29 bits per heavy atom. The maximum Gasteiger partial charge on any atom is 0.0762 e. The molecule has 1 fully saturated rings. The van der Waals surface area contributed by atoms with Gasteiger partial charge in [0.25, 0.3) is 0 Å². The highest BCUT2D eigenvalue weighted by molar-refractivity contribution is 8.00. The monoisotopic (exact) mass is 211 g/mol. The predicted octanol–water partition coefficient (Wildman–Crippen LogP) is 1.41. The summed E-state index contributed by atoms with van der Waals surface area (Å²) in [7, 11) is 1.95. The van der Waals surface area contributed by atoms with Crippen LogP contribution in [0.1, 0.15) is 18.5 Å². The predicted molar refractivity (Wildman–Crippen MR) is 60.4 cm³/mol. The molecule has 0 radical (unpaired) electrons. The molecule has 2 rings (SSSR count). The molecular weight excluding hydrogens is 194 g/mol. The van der Waals surface area contributed by atoms with Crippen LogP contribution in [0, 0.1) is 0 Å². The van der Waals surface area contributed by atoms with Crippen LogP contribution in [0.3, 0.4) is 0 Å². The van der Waals surface area contributed by atoms with E-state index in [-0.39, 0.29) is 0 Å². The molecule has 1 aliphatic rings. The van der Waals surface area contributed by atoms with Crippen molar-refractivity contribution in [3.05, 3.63) is 18.0 Å². The van der Waals surface area contributed by atoms with Crippen molar-refractivity contribution in [3.8, 4) is 0 Å². The fourth-order valence-corrected chi connectivity index (χ4v) is 2.96. The number of nitrogens with zero attached hydrogens (tertiary/aromatic N) is 2. The summed E-state index contributed by atoms with van der Waals surface area (Å²) in [6.07, 6.45) is 4.75. The second-order valence-corrected chi connectivity index (χ2v) is 5.15. The van der Waals surface area contributed by atoms with E-state index < -0.39 is 0 Å². The molecule has 78 valence electrons. The summed E-state index contributed by atoms with van der Waals surface area (Å²) in [6.45, 7) is 2.03. The van der Waals surface area contributed by atoms with Gasteiger partial charge in [-0.15, -0.1) is 0 Å². The Morgan fingerprint density at radius 2 is 2.64 bits per heavy atom. The second-order valence-electron chi connectivity index (χ2n) is 3.75. The van der Waals surface area contributed by atoms with Crippen LogP contribution in [-0.2, 0) is 13.6 Å². The number of hydrogen-bond donors (Lipinski definition) is 1. The minimum atomic E-state index is 0.832. The van der Waals surface area contributed by atoms with E-state index in [4.69, 9.17) is 0 Å². The normalized spacial score (nSPS) is 21.6. The molecule has 0 amide bonds. The zero-order valence-electron chi connectivity index (χ0n) is 8.57. The van der Waals surface area contributed by atoms with Crippen LogP contribution >= 0.6 is 11.8 Å². The first kappa shape index (κ1) is 10.1. The van der Waals surface area contributed by atoms with Gasteiger partial charge in [0.2, 0.25) is 0 Å². The van der Waals surface area contributed by atoms with Gasteiger partial charge in [0.05, 0.1) is 5.69 Å². The molecule has 1 aromatic rings. The SMILES string of the molecule is Cn1ccc(CNCC2CCCS2)n1. The van der Waals surface area contributed by atoms with Crippen LogP contribution in [0.2, 0.25) is 0 Å². The topological polar surface area (TPSA) is 29.9 Å². The maximum atomic E-state index is 4.32. The van der Waals surface area contributed by atoms with Crippen molar-refractivity contribution in [2.45, 2.75) is 24.6 Å². The first-order valence-corrected chi connectivity index (χ1v) is 6.20. The molecule has 1 atom stereocenters. The Balaban J connectivity index is 1.67. The molecule has 2 heterocycles. The van der Waals surface area contributed by atoms with Gasteiger partial charge in [0.15, 0.2) is 0 Å². The van der Waals surface area contributed by atoms with Gasteiger partial charge in [-0.2, -0.15) is 16.9 Å². The quantitative estimate of drug-likeness (QED) is 0.816. The molecule has 0 saturated carbocycles. The van der Waals surface area contributed by atoms with Gasteiger partial charge in [0.1, 0.15) is 0 Å². The lowest BCUT2D eigenvalue weighted by Gasteiger charge is -2.08. The molecule has 4 heteroatoms. The van der Waals surface area contributed by atoms with E-state index in [1.165, 1.54) is 18.6 Å². The highest BCUT2D eigenvalue weighted by Gasteiger charge is 2.14. The summed E-state index contributed by atoms with van der Waals surface area (Å²) in [4.78, 5) is 0. The van der Waals surface area contributed by atoms with E-state index in [1.807, 2.05) is 17.9 Å². The van der Waals surface area contributed by atoms with E-state index in [9.17, 15) is 0 Å². The molecule has 1 saturated heterocycles. The minimum Gasteiger partial charge on any atom is -0.310 e. The number of aromatic nitrogens is 2. The van der Waals surface area contributed by atoms with Gasteiger partial charge in [0, 0.05) is 31.6 Å². The van der Waals surface area contributed by atoms with Crippen LogP contribution in [0.4, 0.5) is 0 Å². The first-order valence-electron chi connectivity index (χ1n) is 5.15. The fourth-order valence-electron chi connectivity index (χ4n) is 1.72. The summed E-state index contributed by atoms with van der Waals surface area (Å²) in [5, 5.41) is 8.61. The fraction of sp³-hybridized carbons (Fsp3) is 0.700. The third-order valence-corrected chi connectivity index (χ3v) is 3.87. The zero-order chi connectivity index (χ0) is 9.80. The van der Waals surface area contributed by atoms with Crippen LogP contribution in [-0.4, -0.2) is 27.3 Å².